The number of pyridine rings is 1. The standard InChI is InChI=1S/C33H32ClNO4/c1-22-7-9-24(29(17-22)31(36)37)15-16-33(38-20-32(2,3)21-39-33)26-6-4-5-23(18-26)8-13-28-14-11-25-10-12-27(34)19-30(25)35-28/h4-14,17-19H,15-16,20-21H2,1-3H3,(H,36,37)/b13-8+. The van der Waals surface area contributed by atoms with E-state index in [1.807, 2.05) is 79.7 Å². The number of hydrogen-bond donors (Lipinski definition) is 1. The van der Waals surface area contributed by atoms with E-state index in [0.717, 1.165) is 38.9 Å². The van der Waals surface area contributed by atoms with Crippen LogP contribution >= 0.6 is 11.6 Å². The van der Waals surface area contributed by atoms with E-state index in [-0.39, 0.29) is 5.41 Å². The molecular weight excluding hydrogens is 510 g/mol. The van der Waals surface area contributed by atoms with E-state index in [2.05, 4.69) is 19.9 Å². The van der Waals surface area contributed by atoms with Crippen LogP contribution in [0.5, 0.6) is 0 Å². The first-order valence-electron chi connectivity index (χ1n) is 13.1. The first-order valence-corrected chi connectivity index (χ1v) is 13.5. The highest BCUT2D eigenvalue weighted by molar-refractivity contribution is 6.31. The number of fused-ring (bicyclic) bond motifs is 1. The number of aromatic nitrogens is 1. The Morgan fingerprint density at radius 1 is 1.00 bits per heavy atom. The van der Waals surface area contributed by atoms with Gasteiger partial charge in [-0.25, -0.2) is 9.78 Å². The van der Waals surface area contributed by atoms with E-state index >= 15 is 0 Å². The van der Waals surface area contributed by atoms with Crippen molar-refractivity contribution in [2.45, 2.75) is 39.4 Å². The number of ether oxygens (including phenoxy) is 2. The Balaban J connectivity index is 1.43. The van der Waals surface area contributed by atoms with Crippen LogP contribution < -0.4 is 0 Å². The number of aromatic carboxylic acids is 1. The largest absolute Gasteiger partial charge is 0.478 e. The van der Waals surface area contributed by atoms with Crippen LogP contribution in [0.2, 0.25) is 5.02 Å². The molecule has 0 amide bonds. The number of aryl methyl sites for hydroxylation is 2. The Bertz CT molecular complexity index is 1550. The zero-order valence-electron chi connectivity index (χ0n) is 22.4. The van der Waals surface area contributed by atoms with Gasteiger partial charge in [0.05, 0.1) is 30.0 Å². The van der Waals surface area contributed by atoms with Crippen molar-refractivity contribution in [1.29, 1.82) is 0 Å². The van der Waals surface area contributed by atoms with Crippen LogP contribution in [0, 0.1) is 12.3 Å². The molecule has 0 spiro atoms. The first-order chi connectivity index (χ1) is 18.6. The number of halogens is 1. The fraction of sp³-hybridized carbons (Fsp3) is 0.273. The Kier molecular flexibility index (Phi) is 7.59. The lowest BCUT2D eigenvalue weighted by atomic mass is 9.89. The molecule has 1 N–H and O–H groups in total. The number of carbonyl (C=O) groups is 1. The molecule has 1 aromatic heterocycles. The van der Waals surface area contributed by atoms with E-state index in [1.54, 1.807) is 6.07 Å². The van der Waals surface area contributed by atoms with Gasteiger partial charge >= 0.3 is 5.97 Å². The minimum Gasteiger partial charge on any atom is -0.478 e. The molecule has 2 heterocycles. The van der Waals surface area contributed by atoms with Gasteiger partial charge in [0.1, 0.15) is 0 Å². The molecule has 3 aromatic carbocycles. The Hall–Kier alpha value is -3.51. The van der Waals surface area contributed by atoms with E-state index in [9.17, 15) is 9.90 Å². The van der Waals surface area contributed by atoms with Crippen molar-refractivity contribution >= 4 is 40.6 Å². The smallest absolute Gasteiger partial charge is 0.335 e. The van der Waals surface area contributed by atoms with Gasteiger partial charge in [0.15, 0.2) is 5.79 Å². The average molecular weight is 542 g/mol. The first kappa shape index (κ1) is 27.1. The van der Waals surface area contributed by atoms with E-state index in [4.69, 9.17) is 26.1 Å². The summed E-state index contributed by atoms with van der Waals surface area (Å²) in [6, 6.07) is 23.4. The fourth-order valence-electron chi connectivity index (χ4n) is 4.83. The fourth-order valence-corrected chi connectivity index (χ4v) is 5.00. The van der Waals surface area contributed by atoms with E-state index < -0.39 is 11.8 Å². The third-order valence-electron chi connectivity index (χ3n) is 7.06. The topological polar surface area (TPSA) is 68.7 Å². The number of carboxylic acids is 1. The molecule has 0 saturated carbocycles. The summed E-state index contributed by atoms with van der Waals surface area (Å²) >= 11 is 6.15. The molecule has 0 bridgehead atoms. The third kappa shape index (κ3) is 6.22. The second-order valence-electron chi connectivity index (χ2n) is 11.0. The number of rotatable bonds is 7. The van der Waals surface area contributed by atoms with Gasteiger partial charge in [-0.15, -0.1) is 0 Å². The van der Waals surface area contributed by atoms with Crippen LogP contribution in [0.15, 0.2) is 72.8 Å². The highest BCUT2D eigenvalue weighted by Crippen LogP contribution is 2.40. The summed E-state index contributed by atoms with van der Waals surface area (Å²) in [4.78, 5) is 16.6. The lowest BCUT2D eigenvalue weighted by molar-refractivity contribution is -0.310. The number of benzene rings is 3. The molecule has 0 radical (unpaired) electrons. The minimum atomic E-state index is -0.974. The Morgan fingerprint density at radius 3 is 2.54 bits per heavy atom. The van der Waals surface area contributed by atoms with E-state index in [0.29, 0.717) is 36.6 Å². The van der Waals surface area contributed by atoms with Crippen LogP contribution in [-0.4, -0.2) is 29.3 Å². The summed E-state index contributed by atoms with van der Waals surface area (Å²) in [6.45, 7) is 7.20. The van der Waals surface area contributed by atoms with Crippen LogP contribution in [-0.2, 0) is 21.7 Å². The quantitative estimate of drug-likeness (QED) is 0.257. The van der Waals surface area contributed by atoms with Gasteiger partial charge in [0.2, 0.25) is 0 Å². The number of nitrogens with zero attached hydrogens (tertiary/aromatic N) is 1. The van der Waals surface area contributed by atoms with Gasteiger partial charge < -0.3 is 14.6 Å². The molecule has 0 atom stereocenters. The van der Waals surface area contributed by atoms with Crippen LogP contribution in [0.1, 0.15) is 58.6 Å². The monoisotopic (exact) mass is 541 g/mol. The molecular formula is C33H32ClNO4. The summed E-state index contributed by atoms with van der Waals surface area (Å²) < 4.78 is 12.9. The van der Waals surface area contributed by atoms with Gasteiger partial charge in [-0.3, -0.25) is 0 Å². The maximum absolute atomic E-state index is 11.9. The van der Waals surface area contributed by atoms with E-state index in [1.165, 1.54) is 0 Å². The van der Waals surface area contributed by atoms with Gasteiger partial charge in [-0.05, 0) is 60.9 Å². The molecule has 200 valence electrons. The maximum atomic E-state index is 11.9. The van der Waals surface area contributed by atoms with Crippen molar-refractivity contribution in [1.82, 2.24) is 4.98 Å². The van der Waals surface area contributed by atoms with Gasteiger partial charge in [-0.2, -0.15) is 0 Å². The second-order valence-corrected chi connectivity index (χ2v) is 11.4. The van der Waals surface area contributed by atoms with Crippen molar-refractivity contribution in [2.24, 2.45) is 5.41 Å². The van der Waals surface area contributed by atoms with Crippen molar-refractivity contribution in [2.75, 3.05) is 13.2 Å². The molecule has 1 aliphatic heterocycles. The van der Waals surface area contributed by atoms with Crippen molar-refractivity contribution in [3.05, 3.63) is 111 Å². The maximum Gasteiger partial charge on any atom is 0.335 e. The summed E-state index contributed by atoms with van der Waals surface area (Å²) in [6.07, 6.45) is 4.99. The van der Waals surface area contributed by atoms with Crippen molar-refractivity contribution in [3.63, 3.8) is 0 Å². The van der Waals surface area contributed by atoms with Gasteiger partial charge in [0.25, 0.3) is 0 Å². The summed E-state index contributed by atoms with van der Waals surface area (Å²) in [5.41, 5.74) is 5.47. The summed E-state index contributed by atoms with van der Waals surface area (Å²) in [5.74, 6) is -1.90. The normalized spacial score (nSPS) is 16.5. The van der Waals surface area contributed by atoms with Gasteiger partial charge in [0, 0.05) is 27.8 Å². The van der Waals surface area contributed by atoms with Crippen LogP contribution in [0.4, 0.5) is 0 Å². The lowest BCUT2D eigenvalue weighted by Crippen LogP contribution is -2.46. The van der Waals surface area contributed by atoms with Crippen LogP contribution in [0.3, 0.4) is 0 Å². The Morgan fingerprint density at radius 2 is 1.77 bits per heavy atom. The highest BCUT2D eigenvalue weighted by atomic mass is 35.5. The van der Waals surface area contributed by atoms with Gasteiger partial charge in [-0.1, -0.05) is 79.6 Å². The Labute approximate surface area is 234 Å². The van der Waals surface area contributed by atoms with Crippen molar-refractivity contribution < 1.29 is 19.4 Å². The average Bonchev–Trinajstić information content (AvgIpc) is 2.92. The van der Waals surface area contributed by atoms with Crippen LogP contribution in [0.25, 0.3) is 23.1 Å². The SMILES string of the molecule is Cc1ccc(CCC2(c3cccc(/C=C/c4ccc5ccc(Cl)cc5n4)c3)OCC(C)(C)CO2)c(C(=O)O)c1. The van der Waals surface area contributed by atoms with Crippen molar-refractivity contribution in [3.8, 4) is 0 Å². The predicted molar refractivity (Wildman–Crippen MR) is 156 cm³/mol. The molecule has 1 fully saturated rings. The molecule has 0 unspecified atom stereocenters. The second kappa shape index (κ2) is 10.9. The number of carboxylic acid groups (broad SMARTS) is 1. The summed E-state index contributed by atoms with van der Waals surface area (Å²) in [5, 5.41) is 11.5. The third-order valence-corrected chi connectivity index (χ3v) is 7.30. The molecule has 0 aliphatic carbocycles. The lowest BCUT2D eigenvalue weighted by Gasteiger charge is -2.44. The molecule has 6 heteroatoms. The minimum absolute atomic E-state index is 0.109. The molecule has 39 heavy (non-hydrogen) atoms. The molecule has 5 rings (SSSR count). The summed E-state index contributed by atoms with van der Waals surface area (Å²) in [7, 11) is 0. The zero-order valence-corrected chi connectivity index (χ0v) is 23.2. The molecule has 1 aliphatic rings. The molecule has 1 saturated heterocycles. The molecule has 4 aromatic rings. The zero-order chi connectivity index (χ0) is 27.6. The molecule has 5 nitrogen and oxygen atoms in total. The predicted octanol–water partition coefficient (Wildman–Crippen LogP) is 7.92. The number of hydrogen-bond acceptors (Lipinski definition) is 4. The highest BCUT2D eigenvalue weighted by Gasteiger charge is 2.42.